The Morgan fingerprint density at radius 1 is 1.50 bits per heavy atom. The SMILES string of the molecule is CN1CN(COC(CO)CO)c2nc(N)[nH]c(=O)c21.I. The average Bonchev–Trinajstić information content (AvgIpc) is 2.67. The van der Waals surface area contributed by atoms with Crippen molar-refractivity contribution in [2.45, 2.75) is 6.10 Å². The van der Waals surface area contributed by atoms with Crippen molar-refractivity contribution in [2.24, 2.45) is 0 Å². The molecule has 9 nitrogen and oxygen atoms in total. The first-order chi connectivity index (χ1) is 9.06. The highest BCUT2D eigenvalue weighted by Crippen LogP contribution is 2.29. The fraction of sp³-hybridized carbons (Fsp3) is 0.600. The highest BCUT2D eigenvalue weighted by atomic mass is 127. The van der Waals surface area contributed by atoms with Crippen molar-refractivity contribution < 1.29 is 14.9 Å². The van der Waals surface area contributed by atoms with Gasteiger partial charge in [0.05, 0.1) is 19.9 Å². The normalized spacial score (nSPS) is 13.6. The maximum Gasteiger partial charge on any atom is 0.278 e. The predicted molar refractivity (Wildman–Crippen MR) is 84.3 cm³/mol. The monoisotopic (exact) mass is 399 g/mol. The lowest BCUT2D eigenvalue weighted by atomic mass is 10.4. The van der Waals surface area contributed by atoms with E-state index in [4.69, 9.17) is 20.7 Å². The molecule has 1 aromatic rings. The number of ether oxygens (including phenoxy) is 1. The smallest absolute Gasteiger partial charge is 0.278 e. The van der Waals surface area contributed by atoms with Crippen LogP contribution < -0.4 is 21.1 Å². The molecule has 5 N–H and O–H groups in total. The number of nitrogens with one attached hydrogen (secondary N) is 1. The molecule has 0 bridgehead atoms. The summed E-state index contributed by atoms with van der Waals surface area (Å²) < 4.78 is 5.32. The number of rotatable bonds is 5. The molecule has 0 radical (unpaired) electrons. The van der Waals surface area contributed by atoms with Crippen molar-refractivity contribution in [1.29, 1.82) is 0 Å². The van der Waals surface area contributed by atoms with E-state index in [0.29, 0.717) is 18.2 Å². The summed E-state index contributed by atoms with van der Waals surface area (Å²) in [6, 6.07) is 0. The van der Waals surface area contributed by atoms with Gasteiger partial charge in [-0.3, -0.25) is 9.78 Å². The lowest BCUT2D eigenvalue weighted by Crippen LogP contribution is -2.34. The minimum Gasteiger partial charge on any atom is -0.394 e. The predicted octanol–water partition coefficient (Wildman–Crippen LogP) is -1.49. The van der Waals surface area contributed by atoms with Gasteiger partial charge in [-0.2, -0.15) is 4.98 Å². The Labute approximate surface area is 132 Å². The number of anilines is 3. The van der Waals surface area contributed by atoms with Crippen LogP contribution in [-0.4, -0.2) is 59.9 Å². The Kier molecular flexibility index (Phi) is 5.98. The Bertz CT molecular complexity index is 507. The van der Waals surface area contributed by atoms with E-state index in [1.54, 1.807) is 16.8 Å². The lowest BCUT2D eigenvalue weighted by molar-refractivity contribution is -0.0188. The number of H-pyrrole nitrogens is 1. The molecule has 0 atom stereocenters. The van der Waals surface area contributed by atoms with Crippen molar-refractivity contribution in [3.63, 3.8) is 0 Å². The Balaban J connectivity index is 0.00000200. The number of aromatic nitrogens is 2. The molecule has 0 fully saturated rings. The fourth-order valence-electron chi connectivity index (χ4n) is 1.89. The Morgan fingerprint density at radius 2 is 2.15 bits per heavy atom. The number of aliphatic hydroxyl groups is 2. The van der Waals surface area contributed by atoms with Crippen LogP contribution in [-0.2, 0) is 4.74 Å². The second-order valence-corrected chi connectivity index (χ2v) is 4.29. The second kappa shape index (κ2) is 7.06. The molecule has 1 aliphatic rings. The highest BCUT2D eigenvalue weighted by Gasteiger charge is 2.28. The number of aliphatic hydroxyl groups excluding tert-OH is 2. The topological polar surface area (TPSA) is 128 Å². The largest absolute Gasteiger partial charge is 0.394 e. The average molecular weight is 399 g/mol. The first-order valence-electron chi connectivity index (χ1n) is 5.76. The van der Waals surface area contributed by atoms with E-state index in [9.17, 15) is 4.79 Å². The Hall–Kier alpha value is -1.11. The molecular formula is C10H18IN5O4. The summed E-state index contributed by atoms with van der Waals surface area (Å²) in [6.45, 7) is -0.0482. The molecule has 20 heavy (non-hydrogen) atoms. The van der Waals surface area contributed by atoms with Gasteiger partial charge in [0.25, 0.3) is 5.56 Å². The summed E-state index contributed by atoms with van der Waals surface area (Å²) in [6.07, 6.45) is -0.659. The molecule has 2 heterocycles. The quantitative estimate of drug-likeness (QED) is 0.441. The Morgan fingerprint density at radius 3 is 2.75 bits per heavy atom. The summed E-state index contributed by atoms with van der Waals surface area (Å²) in [5.74, 6) is 0.461. The summed E-state index contributed by atoms with van der Waals surface area (Å²) in [5, 5.41) is 17.9. The molecule has 0 aromatic carbocycles. The first kappa shape index (κ1) is 16.9. The molecule has 0 unspecified atom stereocenters. The number of hydrogen-bond donors (Lipinski definition) is 4. The number of nitrogen functional groups attached to an aromatic ring is 1. The van der Waals surface area contributed by atoms with Crippen molar-refractivity contribution >= 4 is 41.4 Å². The summed E-state index contributed by atoms with van der Waals surface area (Å²) >= 11 is 0. The summed E-state index contributed by atoms with van der Waals surface area (Å²) in [7, 11) is 1.75. The van der Waals surface area contributed by atoms with Crippen LogP contribution in [0.2, 0.25) is 0 Å². The van der Waals surface area contributed by atoms with E-state index in [1.165, 1.54) is 0 Å². The van der Waals surface area contributed by atoms with E-state index < -0.39 is 6.10 Å². The van der Waals surface area contributed by atoms with Gasteiger partial charge in [-0.1, -0.05) is 0 Å². The van der Waals surface area contributed by atoms with Gasteiger partial charge in [-0.15, -0.1) is 24.0 Å². The molecule has 0 saturated heterocycles. The van der Waals surface area contributed by atoms with Gasteiger partial charge in [-0.25, -0.2) is 0 Å². The van der Waals surface area contributed by atoms with Crippen LogP contribution in [0.4, 0.5) is 17.5 Å². The van der Waals surface area contributed by atoms with Gasteiger partial charge in [-0.05, 0) is 0 Å². The van der Waals surface area contributed by atoms with Crippen LogP contribution in [0.15, 0.2) is 4.79 Å². The van der Waals surface area contributed by atoms with E-state index in [-0.39, 0.29) is 55.4 Å². The van der Waals surface area contributed by atoms with Crippen LogP contribution in [0, 0.1) is 0 Å². The zero-order valence-electron chi connectivity index (χ0n) is 10.9. The molecule has 0 saturated carbocycles. The van der Waals surface area contributed by atoms with Gasteiger partial charge < -0.3 is 30.5 Å². The van der Waals surface area contributed by atoms with E-state index in [1.807, 2.05) is 0 Å². The minimum atomic E-state index is -0.659. The summed E-state index contributed by atoms with van der Waals surface area (Å²) in [4.78, 5) is 21.7. The third kappa shape index (κ3) is 3.31. The third-order valence-corrected chi connectivity index (χ3v) is 2.83. The van der Waals surface area contributed by atoms with Gasteiger partial charge in [0.15, 0.2) is 5.82 Å². The van der Waals surface area contributed by atoms with Crippen molar-refractivity contribution in [3.05, 3.63) is 10.4 Å². The number of halogens is 1. The number of aromatic amines is 1. The zero-order valence-corrected chi connectivity index (χ0v) is 13.3. The van der Waals surface area contributed by atoms with Crippen LogP contribution in [0.3, 0.4) is 0 Å². The third-order valence-electron chi connectivity index (χ3n) is 2.83. The van der Waals surface area contributed by atoms with Gasteiger partial charge in [0.1, 0.15) is 18.5 Å². The van der Waals surface area contributed by atoms with Crippen molar-refractivity contribution in [3.8, 4) is 0 Å². The maximum absolute atomic E-state index is 11.8. The van der Waals surface area contributed by atoms with Crippen LogP contribution in [0.1, 0.15) is 0 Å². The molecule has 114 valence electrons. The molecule has 0 aliphatic carbocycles. The molecule has 1 aromatic heterocycles. The van der Waals surface area contributed by atoms with Crippen LogP contribution >= 0.6 is 24.0 Å². The number of hydrogen-bond acceptors (Lipinski definition) is 8. The molecular weight excluding hydrogens is 381 g/mol. The lowest BCUT2D eigenvalue weighted by Gasteiger charge is -2.21. The number of nitrogens with two attached hydrogens (primary N) is 1. The molecule has 0 amide bonds. The molecule has 0 spiro atoms. The number of fused-ring (bicyclic) bond motifs is 1. The van der Waals surface area contributed by atoms with Gasteiger partial charge >= 0.3 is 0 Å². The zero-order chi connectivity index (χ0) is 14.0. The van der Waals surface area contributed by atoms with E-state index in [0.717, 1.165) is 0 Å². The van der Waals surface area contributed by atoms with Gasteiger partial charge in [0.2, 0.25) is 5.95 Å². The van der Waals surface area contributed by atoms with Gasteiger partial charge in [0, 0.05) is 7.05 Å². The first-order valence-corrected chi connectivity index (χ1v) is 5.76. The van der Waals surface area contributed by atoms with E-state index in [2.05, 4.69) is 9.97 Å². The number of nitrogens with zero attached hydrogens (tertiary/aromatic N) is 3. The van der Waals surface area contributed by atoms with Crippen LogP contribution in [0.25, 0.3) is 0 Å². The molecule has 1 aliphatic heterocycles. The maximum atomic E-state index is 11.8. The second-order valence-electron chi connectivity index (χ2n) is 4.29. The van der Waals surface area contributed by atoms with Crippen LogP contribution in [0.5, 0.6) is 0 Å². The van der Waals surface area contributed by atoms with Crippen molar-refractivity contribution in [2.75, 3.05) is 49.2 Å². The standard InChI is InChI=1S/C10H17N5O4.HI/c1-14-4-15(5-19-6(2-16)3-17)8-7(14)9(18)13-10(11)12-8;/h6,16-17H,2-5H2,1H3,(H3,11,12,13,18);1H. The van der Waals surface area contributed by atoms with Crippen molar-refractivity contribution in [1.82, 2.24) is 9.97 Å². The minimum absolute atomic E-state index is 0. The molecule has 10 heteroatoms. The highest BCUT2D eigenvalue weighted by molar-refractivity contribution is 14.0. The fourth-order valence-corrected chi connectivity index (χ4v) is 1.89. The summed E-state index contributed by atoms with van der Waals surface area (Å²) in [5.41, 5.74) is 5.62. The molecule has 2 rings (SSSR count). The van der Waals surface area contributed by atoms with E-state index >= 15 is 0 Å².